The van der Waals surface area contributed by atoms with E-state index < -0.39 is 31.6 Å². The number of piperidine rings is 1. The Morgan fingerprint density at radius 2 is 1.62 bits per heavy atom. The minimum absolute atomic E-state index is 0.0752. The molecule has 3 aromatic carbocycles. The van der Waals surface area contributed by atoms with Gasteiger partial charge in [0.25, 0.3) is 11.8 Å². The standard InChI is InChI=1S/C61H84F3N7O7Si/c1-58(2,61(62,63)64)41-66(28-26-60(27-35-78-59(3,4)40-60)47-18-20-48(76-6)21-19-47)39-44-12-16-46(17-13-44)45-14-10-43(11-15-45)38-65(5)29-30-68-32-31-67-33-34-69-54-50(23-22-49(53(54)67)55(68)73)71(57(69)75)51-24-25-52(72)70(56(51)74)42-77-36-37-79(7,8)9/h12-14,16-23,43,51H,10-11,15,24-42H2,1-9H3/t43-,51?,60+/m0/s1. The first-order valence-corrected chi connectivity index (χ1v) is 32.3. The Kier molecular flexibility index (Phi) is 17.2. The molecule has 5 heterocycles. The molecule has 4 aromatic rings. The molecule has 5 aliphatic rings. The molecule has 0 saturated carbocycles. The van der Waals surface area contributed by atoms with E-state index in [9.17, 15) is 32.3 Å². The number of rotatable bonds is 21. The minimum atomic E-state index is -4.35. The number of halogens is 3. The van der Waals surface area contributed by atoms with Gasteiger partial charge in [0, 0.05) is 92.0 Å². The zero-order chi connectivity index (χ0) is 56.7. The number of benzene rings is 3. The molecule has 1 aliphatic carbocycles. The van der Waals surface area contributed by atoms with Crippen molar-refractivity contribution in [3.05, 3.63) is 99.5 Å². The second kappa shape index (κ2) is 23.3. The maximum Gasteiger partial charge on any atom is 0.395 e. The lowest BCUT2D eigenvalue weighted by molar-refractivity contribution is -0.217. The number of hydrogen-bond acceptors (Lipinski definition) is 10. The molecule has 2 fully saturated rings. The van der Waals surface area contributed by atoms with Crippen LogP contribution in [0.4, 0.5) is 18.9 Å². The quantitative estimate of drug-likeness (QED) is 0.0453. The molecule has 0 radical (unpaired) electrons. The van der Waals surface area contributed by atoms with Crippen LogP contribution in [-0.4, -0.2) is 153 Å². The molecule has 430 valence electrons. The molecule has 1 unspecified atom stereocenters. The lowest BCUT2D eigenvalue weighted by Crippen LogP contribution is -2.48. The summed E-state index contributed by atoms with van der Waals surface area (Å²) in [6.45, 7) is 19.5. The summed E-state index contributed by atoms with van der Waals surface area (Å²) in [6.07, 6.45) is 3.46. The molecule has 18 heteroatoms. The summed E-state index contributed by atoms with van der Waals surface area (Å²) < 4.78 is 64.1. The number of hydrogen-bond donors (Lipinski definition) is 0. The molecule has 0 bridgehead atoms. The van der Waals surface area contributed by atoms with Crippen LogP contribution < -0.4 is 15.3 Å². The molecular weight excluding hydrogens is 1030 g/mol. The fraction of sp³-hybridized carbons (Fsp3) is 0.607. The normalized spacial score (nSPS) is 22.1. The number of carbonyl (C=O) groups excluding carboxylic acids is 3. The number of amides is 3. The van der Waals surface area contributed by atoms with Crippen LogP contribution in [0.25, 0.3) is 16.6 Å². The van der Waals surface area contributed by atoms with E-state index >= 15 is 0 Å². The third-order valence-corrected chi connectivity index (χ3v) is 19.3. The van der Waals surface area contributed by atoms with Gasteiger partial charge in [-0.2, -0.15) is 13.2 Å². The van der Waals surface area contributed by atoms with Gasteiger partial charge < -0.3 is 28.9 Å². The van der Waals surface area contributed by atoms with Crippen LogP contribution in [0.3, 0.4) is 0 Å². The van der Waals surface area contributed by atoms with E-state index in [1.54, 1.807) is 28.4 Å². The Labute approximate surface area is 465 Å². The van der Waals surface area contributed by atoms with Crippen LogP contribution in [0.15, 0.2) is 71.5 Å². The summed E-state index contributed by atoms with van der Waals surface area (Å²) in [5, 5.41) is 0. The van der Waals surface area contributed by atoms with Crippen molar-refractivity contribution in [2.45, 2.75) is 141 Å². The van der Waals surface area contributed by atoms with E-state index in [0.717, 1.165) is 77.7 Å². The number of allylic oxidation sites excluding steroid dienone is 2. The third-order valence-electron chi connectivity index (χ3n) is 17.6. The number of anilines is 1. The monoisotopic (exact) mass is 1110 g/mol. The van der Waals surface area contributed by atoms with E-state index in [1.165, 1.54) is 19.4 Å². The van der Waals surface area contributed by atoms with Gasteiger partial charge in [0.1, 0.15) is 18.5 Å². The molecule has 0 spiro atoms. The fourth-order valence-electron chi connectivity index (χ4n) is 12.9. The van der Waals surface area contributed by atoms with Gasteiger partial charge in [-0.3, -0.25) is 33.3 Å². The largest absolute Gasteiger partial charge is 0.497 e. The number of likely N-dealkylation sites (N-methyl/N-ethyl adjacent to an activating group) is 1. The number of imide groups is 1. The highest BCUT2D eigenvalue weighted by Crippen LogP contribution is 2.46. The molecule has 0 N–H and O–H groups in total. The second-order valence-corrected chi connectivity index (χ2v) is 31.3. The zero-order valence-electron chi connectivity index (χ0n) is 48.2. The minimum Gasteiger partial charge on any atom is -0.497 e. The van der Waals surface area contributed by atoms with Gasteiger partial charge in [0.05, 0.1) is 40.4 Å². The van der Waals surface area contributed by atoms with Gasteiger partial charge in [-0.25, -0.2) is 4.79 Å². The molecule has 2 saturated heterocycles. The average molecular weight is 1110 g/mol. The van der Waals surface area contributed by atoms with Crippen molar-refractivity contribution in [1.82, 2.24) is 28.7 Å². The van der Waals surface area contributed by atoms with E-state index in [-0.39, 0.29) is 54.6 Å². The van der Waals surface area contributed by atoms with Crippen molar-refractivity contribution in [3.63, 3.8) is 0 Å². The molecule has 14 nitrogen and oxygen atoms in total. The number of imidazole rings is 1. The zero-order valence-corrected chi connectivity index (χ0v) is 49.2. The Balaban J connectivity index is 0.808. The number of aromatic nitrogens is 2. The van der Waals surface area contributed by atoms with Gasteiger partial charge in [-0.15, -0.1) is 0 Å². The summed E-state index contributed by atoms with van der Waals surface area (Å²) in [5.41, 5.74) is 4.30. The van der Waals surface area contributed by atoms with E-state index in [2.05, 4.69) is 92.8 Å². The number of carbonyl (C=O) groups is 3. The summed E-state index contributed by atoms with van der Waals surface area (Å²) in [4.78, 5) is 65.1. The lowest BCUT2D eigenvalue weighted by Gasteiger charge is -2.46. The SMILES string of the molecule is COc1ccc([C@]2(CCN(Cc3ccc(C4=CC[C@H](CN(C)CCN5CCN6CCn7c(=O)n(C8CCC(=O)N(COCC[Si](C)(C)C)C8=O)c8ccc(c6c87)C5=O)CC4)cc3)CC(C)(C)C(F)(F)F)CCOC(C)(C)C2)cc1. The highest BCUT2D eigenvalue weighted by molar-refractivity contribution is 6.76. The highest BCUT2D eigenvalue weighted by atomic mass is 28.3. The summed E-state index contributed by atoms with van der Waals surface area (Å²) >= 11 is 0. The smallest absolute Gasteiger partial charge is 0.395 e. The predicted octanol–water partition coefficient (Wildman–Crippen LogP) is 10.2. The van der Waals surface area contributed by atoms with Gasteiger partial charge in [0.15, 0.2) is 0 Å². The topological polar surface area (TPSA) is 122 Å². The molecular formula is C61H84F3N7O7Si. The van der Waals surface area contributed by atoms with Crippen molar-refractivity contribution in [2.75, 3.05) is 91.4 Å². The molecule has 9 rings (SSSR count). The Hall–Kier alpha value is -5.27. The molecule has 79 heavy (non-hydrogen) atoms. The first kappa shape index (κ1) is 58.4. The van der Waals surface area contributed by atoms with Gasteiger partial charge in [-0.1, -0.05) is 62.1 Å². The van der Waals surface area contributed by atoms with Crippen molar-refractivity contribution in [3.8, 4) is 5.75 Å². The van der Waals surface area contributed by atoms with Gasteiger partial charge in [0.2, 0.25) is 5.91 Å². The van der Waals surface area contributed by atoms with Gasteiger partial charge in [-0.05, 0) is 145 Å². The van der Waals surface area contributed by atoms with Crippen molar-refractivity contribution in [2.24, 2.45) is 11.3 Å². The Bertz CT molecular complexity index is 2950. The van der Waals surface area contributed by atoms with Crippen LogP contribution in [0, 0.1) is 11.3 Å². The van der Waals surface area contributed by atoms with Crippen LogP contribution in [0.5, 0.6) is 5.75 Å². The van der Waals surface area contributed by atoms with E-state index in [4.69, 9.17) is 14.2 Å². The molecule has 3 atom stereocenters. The highest BCUT2D eigenvalue weighted by Gasteiger charge is 2.49. The summed E-state index contributed by atoms with van der Waals surface area (Å²) in [7, 11) is 2.38. The first-order valence-electron chi connectivity index (χ1n) is 28.6. The van der Waals surface area contributed by atoms with Crippen LogP contribution >= 0.6 is 0 Å². The van der Waals surface area contributed by atoms with Crippen LogP contribution in [-0.2, 0) is 37.6 Å². The maximum atomic E-state index is 14.5. The molecule has 3 amide bonds. The van der Waals surface area contributed by atoms with Gasteiger partial charge >= 0.3 is 11.9 Å². The maximum absolute atomic E-state index is 14.5. The number of methoxy groups -OCH3 is 1. The number of likely N-dealkylation sites (tertiary alicyclic amines) is 1. The third kappa shape index (κ3) is 12.9. The summed E-state index contributed by atoms with van der Waals surface area (Å²) in [6, 6.07) is 20.2. The first-order chi connectivity index (χ1) is 37.4. The Morgan fingerprint density at radius 1 is 0.886 bits per heavy atom. The average Bonchev–Trinajstić information content (AvgIpc) is 3.80. The van der Waals surface area contributed by atoms with Crippen LogP contribution in [0.1, 0.15) is 112 Å². The van der Waals surface area contributed by atoms with Crippen molar-refractivity contribution in [1.29, 1.82) is 0 Å². The summed E-state index contributed by atoms with van der Waals surface area (Å²) in [5.74, 6) is 0.413. The molecule has 4 aliphatic heterocycles. The number of ether oxygens (including phenoxy) is 3. The predicted molar refractivity (Wildman–Crippen MR) is 306 cm³/mol. The molecule has 1 aromatic heterocycles. The second-order valence-electron chi connectivity index (χ2n) is 25.7. The van der Waals surface area contributed by atoms with Crippen molar-refractivity contribution < 1.29 is 41.8 Å². The number of nitrogens with zero attached hydrogens (tertiary/aromatic N) is 7. The van der Waals surface area contributed by atoms with Crippen molar-refractivity contribution >= 4 is 48.1 Å². The van der Waals surface area contributed by atoms with E-state index in [1.807, 2.05) is 21.9 Å². The number of alkyl halides is 3. The lowest BCUT2D eigenvalue weighted by atomic mass is 9.67. The van der Waals surface area contributed by atoms with E-state index in [0.29, 0.717) is 94.5 Å². The van der Waals surface area contributed by atoms with Crippen LogP contribution in [0.2, 0.25) is 25.7 Å². The fourth-order valence-corrected chi connectivity index (χ4v) is 13.6. The Morgan fingerprint density at radius 3 is 2.29 bits per heavy atom.